The zero-order valence-electron chi connectivity index (χ0n) is 14.0. The van der Waals surface area contributed by atoms with Crippen LogP contribution in [0.2, 0.25) is 0 Å². The van der Waals surface area contributed by atoms with Gasteiger partial charge in [0, 0.05) is 30.2 Å². The molecule has 3 nitrogen and oxygen atoms in total. The van der Waals surface area contributed by atoms with E-state index in [1.54, 1.807) is 18.4 Å². The molecule has 1 aromatic carbocycles. The number of aryl methyl sites for hydroxylation is 2. The van der Waals surface area contributed by atoms with Crippen LogP contribution in [0.15, 0.2) is 35.7 Å². The number of alkyl halides is 1. The van der Waals surface area contributed by atoms with Gasteiger partial charge in [0.2, 0.25) is 0 Å². The number of methoxy groups -OCH3 is 1. The Kier molecular flexibility index (Phi) is 5.98. The fourth-order valence-corrected chi connectivity index (χ4v) is 4.39. The quantitative estimate of drug-likeness (QED) is 0.551. The zero-order valence-corrected chi connectivity index (χ0v) is 15.6. The highest BCUT2D eigenvalue weighted by Crippen LogP contribution is 2.44. The summed E-state index contributed by atoms with van der Waals surface area (Å²) < 4.78 is 5.49. The summed E-state index contributed by atoms with van der Waals surface area (Å²) in [6.45, 7) is 6.61. The number of carbonyl (C=O) groups excluding carboxylic acids is 1. The first-order valence-electron chi connectivity index (χ1n) is 7.58. The van der Waals surface area contributed by atoms with Crippen LogP contribution >= 0.6 is 22.9 Å². The number of hydrogen-bond donors (Lipinski definition) is 0. The molecule has 5 heteroatoms. The van der Waals surface area contributed by atoms with Crippen molar-refractivity contribution in [3.05, 3.63) is 46.2 Å². The van der Waals surface area contributed by atoms with Crippen molar-refractivity contribution >= 4 is 40.2 Å². The normalized spacial score (nSPS) is 15.2. The van der Waals surface area contributed by atoms with E-state index in [1.165, 1.54) is 0 Å². The molecule has 0 bridgehead atoms. The minimum absolute atomic E-state index is 0.0352. The predicted molar refractivity (Wildman–Crippen MR) is 98.8 cm³/mol. The molecule has 1 heterocycles. The van der Waals surface area contributed by atoms with E-state index in [-0.39, 0.29) is 22.3 Å². The first kappa shape index (κ1) is 18.1. The van der Waals surface area contributed by atoms with Crippen molar-refractivity contribution in [1.29, 1.82) is 0 Å². The van der Waals surface area contributed by atoms with E-state index in [2.05, 4.69) is 19.2 Å². The largest absolute Gasteiger partial charge is 0.378 e. The van der Waals surface area contributed by atoms with Crippen LogP contribution in [-0.2, 0) is 9.53 Å². The lowest BCUT2D eigenvalue weighted by atomic mass is 10.1. The average Bonchev–Trinajstić information content (AvgIpc) is 2.89. The smallest absolute Gasteiger partial charge is 0.338 e. The molecule has 2 aromatic rings. The Morgan fingerprint density at radius 1 is 1.30 bits per heavy atom. The number of ether oxygens (including phenoxy) is 1. The minimum atomic E-state index is -0.0827. The summed E-state index contributed by atoms with van der Waals surface area (Å²) in [5.41, 5.74) is 3.06. The standard InChI is InChI=1S/C18H23ClNO2S/c1-13-12-23-15(3)18(13)20(17(21)10-19,14(2)11-22-4)16-8-6-5-7-9-16/h5-9,12,14H,10-11H2,1-4H3/q+1. The van der Waals surface area contributed by atoms with Gasteiger partial charge in [0.25, 0.3) is 0 Å². The van der Waals surface area contributed by atoms with Crippen LogP contribution in [-0.4, -0.2) is 31.5 Å². The molecule has 0 radical (unpaired) electrons. The summed E-state index contributed by atoms with van der Waals surface area (Å²) in [7, 11) is 1.66. The van der Waals surface area contributed by atoms with Crippen LogP contribution in [0.3, 0.4) is 0 Å². The Morgan fingerprint density at radius 2 is 1.96 bits per heavy atom. The minimum Gasteiger partial charge on any atom is -0.378 e. The lowest BCUT2D eigenvalue weighted by Gasteiger charge is -2.40. The number of amides is 1. The van der Waals surface area contributed by atoms with Crippen molar-refractivity contribution in [2.75, 3.05) is 19.6 Å². The fraction of sp³-hybridized carbons (Fsp3) is 0.389. The molecule has 2 unspecified atom stereocenters. The molecular formula is C18H23ClNO2S+. The van der Waals surface area contributed by atoms with Crippen molar-refractivity contribution in [2.24, 2.45) is 0 Å². The van der Waals surface area contributed by atoms with Gasteiger partial charge in [0.1, 0.15) is 17.6 Å². The SMILES string of the molecule is COCC(C)[N+](C(=O)CCl)(c1ccccc1)c1c(C)csc1C. The van der Waals surface area contributed by atoms with Gasteiger partial charge in [-0.2, -0.15) is 4.48 Å². The summed E-state index contributed by atoms with van der Waals surface area (Å²) >= 11 is 7.71. The highest BCUT2D eigenvalue weighted by molar-refractivity contribution is 7.10. The third-order valence-corrected chi connectivity index (χ3v) is 5.46. The maximum Gasteiger partial charge on any atom is 0.338 e. The Labute approximate surface area is 147 Å². The summed E-state index contributed by atoms with van der Waals surface area (Å²) in [5.74, 6) is -0.0791. The van der Waals surface area contributed by atoms with Gasteiger partial charge in [-0.05, 0) is 20.8 Å². The number of para-hydroxylation sites is 1. The topological polar surface area (TPSA) is 26.3 Å². The van der Waals surface area contributed by atoms with Gasteiger partial charge in [-0.15, -0.1) is 22.9 Å². The third kappa shape index (κ3) is 3.09. The van der Waals surface area contributed by atoms with E-state index in [9.17, 15) is 4.79 Å². The van der Waals surface area contributed by atoms with Gasteiger partial charge in [-0.1, -0.05) is 18.2 Å². The Morgan fingerprint density at radius 3 is 2.43 bits per heavy atom. The van der Waals surface area contributed by atoms with Gasteiger partial charge in [0.05, 0.1) is 11.5 Å². The van der Waals surface area contributed by atoms with Crippen LogP contribution in [0, 0.1) is 13.8 Å². The van der Waals surface area contributed by atoms with Crippen LogP contribution in [0.4, 0.5) is 11.4 Å². The van der Waals surface area contributed by atoms with Crippen LogP contribution in [0.1, 0.15) is 17.4 Å². The first-order chi connectivity index (χ1) is 11.0. The van der Waals surface area contributed by atoms with Gasteiger partial charge < -0.3 is 4.74 Å². The second kappa shape index (κ2) is 7.58. The second-order valence-electron chi connectivity index (χ2n) is 5.71. The number of halogens is 1. The lowest BCUT2D eigenvalue weighted by Crippen LogP contribution is -2.58. The molecule has 2 atom stereocenters. The summed E-state index contributed by atoms with van der Waals surface area (Å²) in [6.07, 6.45) is 0. The average molecular weight is 353 g/mol. The van der Waals surface area contributed by atoms with E-state index in [4.69, 9.17) is 16.3 Å². The number of hydrogen-bond acceptors (Lipinski definition) is 3. The number of benzene rings is 1. The molecule has 124 valence electrons. The summed E-state index contributed by atoms with van der Waals surface area (Å²) in [5, 5.41) is 2.10. The zero-order chi connectivity index (χ0) is 17.0. The molecule has 1 aromatic heterocycles. The number of nitrogens with zero attached hydrogens (tertiary/aromatic N) is 1. The number of thiophene rings is 1. The molecule has 0 aliphatic carbocycles. The molecule has 0 N–H and O–H groups in total. The Bertz CT molecular complexity index is 651. The first-order valence-corrected chi connectivity index (χ1v) is 8.99. The molecule has 0 spiro atoms. The van der Waals surface area contributed by atoms with Crippen molar-refractivity contribution in [2.45, 2.75) is 26.8 Å². The Balaban J connectivity index is 2.83. The molecular weight excluding hydrogens is 330 g/mol. The van der Waals surface area contributed by atoms with Gasteiger partial charge >= 0.3 is 5.91 Å². The monoisotopic (exact) mass is 352 g/mol. The molecule has 1 amide bonds. The van der Waals surface area contributed by atoms with Gasteiger partial charge in [-0.3, -0.25) is 0 Å². The van der Waals surface area contributed by atoms with Gasteiger partial charge in [0.15, 0.2) is 5.69 Å². The van der Waals surface area contributed by atoms with Crippen LogP contribution < -0.4 is 4.48 Å². The molecule has 0 aliphatic rings. The fourth-order valence-electron chi connectivity index (χ4n) is 3.32. The van der Waals surface area contributed by atoms with E-state index in [0.717, 1.165) is 21.8 Å². The van der Waals surface area contributed by atoms with Crippen molar-refractivity contribution in [3.63, 3.8) is 0 Å². The highest BCUT2D eigenvalue weighted by Gasteiger charge is 2.48. The highest BCUT2D eigenvalue weighted by atomic mass is 35.5. The van der Waals surface area contributed by atoms with Crippen molar-refractivity contribution in [1.82, 2.24) is 4.48 Å². The van der Waals surface area contributed by atoms with Crippen LogP contribution in [0.5, 0.6) is 0 Å². The molecule has 0 saturated carbocycles. The number of quaternary nitrogens is 1. The van der Waals surface area contributed by atoms with E-state index in [1.807, 2.05) is 37.3 Å². The van der Waals surface area contributed by atoms with E-state index < -0.39 is 0 Å². The predicted octanol–water partition coefficient (Wildman–Crippen LogP) is 4.80. The molecule has 0 saturated heterocycles. The van der Waals surface area contributed by atoms with Crippen LogP contribution in [0.25, 0.3) is 0 Å². The molecule has 0 aliphatic heterocycles. The summed E-state index contributed by atoms with van der Waals surface area (Å²) in [6, 6.07) is 9.78. The molecule has 2 rings (SSSR count). The van der Waals surface area contributed by atoms with Gasteiger partial charge in [-0.25, -0.2) is 4.79 Å². The lowest BCUT2D eigenvalue weighted by molar-refractivity contribution is -0.127. The number of rotatable bonds is 6. The van der Waals surface area contributed by atoms with Crippen molar-refractivity contribution < 1.29 is 9.53 Å². The van der Waals surface area contributed by atoms with Crippen molar-refractivity contribution in [3.8, 4) is 0 Å². The van der Waals surface area contributed by atoms with E-state index >= 15 is 0 Å². The maximum atomic E-state index is 13.1. The summed E-state index contributed by atoms with van der Waals surface area (Å²) in [4.78, 5) is 14.3. The third-order valence-electron chi connectivity index (χ3n) is 4.21. The molecule has 23 heavy (non-hydrogen) atoms. The second-order valence-corrected chi connectivity index (χ2v) is 7.06. The van der Waals surface area contributed by atoms with E-state index in [0.29, 0.717) is 6.61 Å². The number of carbonyl (C=O) groups is 1. The molecule has 0 fully saturated rings. The maximum absolute atomic E-state index is 13.1. The Hall–Kier alpha value is -1.20.